The molecule has 1 aromatic carbocycles. The second-order valence-electron chi connectivity index (χ2n) is 4.37. The highest BCUT2D eigenvalue weighted by molar-refractivity contribution is 6.41. The van der Waals surface area contributed by atoms with Crippen LogP contribution < -0.4 is 9.64 Å². The number of fused-ring (bicyclic) bond motifs is 1. The largest absolute Gasteiger partial charge is 0.496 e. The molecule has 102 valence electrons. The molecule has 0 amide bonds. The van der Waals surface area contributed by atoms with Crippen molar-refractivity contribution in [3.63, 3.8) is 0 Å². The minimum absolute atomic E-state index is 0.181. The number of ether oxygens (including phenoxy) is 2. The van der Waals surface area contributed by atoms with Gasteiger partial charge in [0.2, 0.25) is 0 Å². The third-order valence-corrected chi connectivity index (χ3v) is 3.25. The van der Waals surface area contributed by atoms with E-state index >= 15 is 0 Å². The van der Waals surface area contributed by atoms with Crippen molar-refractivity contribution >= 4 is 17.4 Å². The van der Waals surface area contributed by atoms with E-state index in [1.54, 1.807) is 13.0 Å². The van der Waals surface area contributed by atoms with Gasteiger partial charge in [0, 0.05) is 24.8 Å². The summed E-state index contributed by atoms with van der Waals surface area (Å²) in [6.07, 6.45) is 0.805. The van der Waals surface area contributed by atoms with Crippen LogP contribution in [0.25, 0.3) is 0 Å². The van der Waals surface area contributed by atoms with Gasteiger partial charge in [-0.1, -0.05) is 0 Å². The Hall–Kier alpha value is -2.04. The lowest BCUT2D eigenvalue weighted by atomic mass is 10.0. The van der Waals surface area contributed by atoms with Crippen LogP contribution >= 0.6 is 0 Å². The number of methoxy groups -OCH3 is 1. The van der Waals surface area contributed by atoms with E-state index in [4.69, 9.17) is 9.47 Å². The van der Waals surface area contributed by atoms with Gasteiger partial charge in [-0.05, 0) is 25.5 Å². The number of likely N-dealkylation sites (N-methyl/N-ethyl adjacent to an activating group) is 1. The van der Waals surface area contributed by atoms with Crippen LogP contribution in [-0.2, 0) is 16.0 Å². The highest BCUT2D eigenvalue weighted by Gasteiger charge is 2.28. The zero-order valence-electron chi connectivity index (χ0n) is 11.4. The van der Waals surface area contributed by atoms with Gasteiger partial charge in [0.05, 0.1) is 19.3 Å². The molecule has 0 saturated heterocycles. The van der Waals surface area contributed by atoms with E-state index in [1.165, 1.54) is 7.11 Å². The predicted octanol–water partition coefficient (Wildman–Crippen LogP) is 1.43. The van der Waals surface area contributed by atoms with Crippen LogP contribution in [-0.4, -0.2) is 39.1 Å². The molecule has 0 saturated carbocycles. The number of hydrogen-bond acceptors (Lipinski definition) is 5. The van der Waals surface area contributed by atoms with E-state index < -0.39 is 11.8 Å². The maximum atomic E-state index is 12.0. The monoisotopic (exact) mass is 263 g/mol. The van der Waals surface area contributed by atoms with E-state index in [1.807, 2.05) is 13.1 Å². The number of benzene rings is 1. The molecule has 19 heavy (non-hydrogen) atoms. The van der Waals surface area contributed by atoms with Gasteiger partial charge in [-0.15, -0.1) is 0 Å². The number of carbonyl (C=O) groups excluding carboxylic acids is 2. The number of nitrogens with zero attached hydrogens (tertiary/aromatic N) is 1. The molecule has 0 bridgehead atoms. The van der Waals surface area contributed by atoms with Crippen molar-refractivity contribution in [2.45, 2.75) is 13.3 Å². The number of esters is 1. The second kappa shape index (κ2) is 5.30. The van der Waals surface area contributed by atoms with Gasteiger partial charge in [-0.2, -0.15) is 0 Å². The topological polar surface area (TPSA) is 55.8 Å². The number of rotatable bonds is 4. The number of Topliss-reactive ketones (excluding diaryl/α,β-unsaturated/α-hetero) is 1. The van der Waals surface area contributed by atoms with Gasteiger partial charge >= 0.3 is 5.97 Å². The molecule has 1 aliphatic heterocycles. The average molecular weight is 263 g/mol. The first-order valence-electron chi connectivity index (χ1n) is 6.22. The van der Waals surface area contributed by atoms with Crippen molar-refractivity contribution < 1.29 is 19.1 Å². The molecular formula is C14H17NO4. The molecule has 0 spiro atoms. The molecule has 0 unspecified atom stereocenters. The van der Waals surface area contributed by atoms with E-state index in [9.17, 15) is 9.59 Å². The summed E-state index contributed by atoms with van der Waals surface area (Å²) in [7, 11) is 3.49. The lowest BCUT2D eigenvalue weighted by Gasteiger charge is -2.15. The van der Waals surface area contributed by atoms with Crippen molar-refractivity contribution in [3.8, 4) is 5.75 Å². The Morgan fingerprint density at radius 3 is 2.74 bits per heavy atom. The molecule has 0 radical (unpaired) electrons. The predicted molar refractivity (Wildman–Crippen MR) is 70.9 cm³/mol. The highest BCUT2D eigenvalue weighted by Crippen LogP contribution is 2.37. The Morgan fingerprint density at radius 2 is 2.11 bits per heavy atom. The maximum Gasteiger partial charge on any atom is 0.379 e. The van der Waals surface area contributed by atoms with E-state index in [2.05, 4.69) is 4.90 Å². The third-order valence-electron chi connectivity index (χ3n) is 3.25. The Morgan fingerprint density at radius 1 is 1.37 bits per heavy atom. The van der Waals surface area contributed by atoms with E-state index in [0.717, 1.165) is 24.2 Å². The SMILES string of the molecule is CCOC(=O)C(=O)c1ccc2c(c1OC)CCN2C. The summed E-state index contributed by atoms with van der Waals surface area (Å²) in [5.41, 5.74) is 2.28. The quantitative estimate of drug-likeness (QED) is 0.467. The molecule has 0 aromatic heterocycles. The van der Waals surface area contributed by atoms with Gasteiger partial charge in [-0.3, -0.25) is 4.79 Å². The fourth-order valence-electron chi connectivity index (χ4n) is 2.34. The molecule has 1 heterocycles. The fraction of sp³-hybridized carbons (Fsp3) is 0.429. The molecule has 5 heteroatoms. The zero-order chi connectivity index (χ0) is 14.0. The Kier molecular flexibility index (Phi) is 3.74. The lowest BCUT2D eigenvalue weighted by molar-refractivity contribution is -0.137. The minimum atomic E-state index is -0.841. The van der Waals surface area contributed by atoms with E-state index in [-0.39, 0.29) is 12.2 Å². The van der Waals surface area contributed by atoms with Crippen LogP contribution in [0.3, 0.4) is 0 Å². The zero-order valence-corrected chi connectivity index (χ0v) is 11.4. The minimum Gasteiger partial charge on any atom is -0.496 e. The van der Waals surface area contributed by atoms with Crippen LogP contribution in [0.15, 0.2) is 12.1 Å². The van der Waals surface area contributed by atoms with Crippen molar-refractivity contribution in [1.29, 1.82) is 0 Å². The first-order valence-corrected chi connectivity index (χ1v) is 6.22. The Bertz CT molecular complexity index is 524. The van der Waals surface area contributed by atoms with E-state index in [0.29, 0.717) is 5.75 Å². The highest BCUT2D eigenvalue weighted by atomic mass is 16.5. The molecular weight excluding hydrogens is 246 g/mol. The molecule has 1 aliphatic rings. The third kappa shape index (κ3) is 2.28. The number of hydrogen-bond donors (Lipinski definition) is 0. The Balaban J connectivity index is 2.43. The molecule has 0 fully saturated rings. The smallest absolute Gasteiger partial charge is 0.379 e. The summed E-state index contributed by atoms with van der Waals surface area (Å²) in [4.78, 5) is 25.7. The molecule has 2 rings (SSSR count). The molecule has 0 N–H and O–H groups in total. The van der Waals surface area contributed by atoms with Gasteiger partial charge < -0.3 is 14.4 Å². The normalized spacial score (nSPS) is 13.1. The molecule has 5 nitrogen and oxygen atoms in total. The van der Waals surface area contributed by atoms with Crippen molar-refractivity contribution in [2.24, 2.45) is 0 Å². The number of ketones is 1. The van der Waals surface area contributed by atoms with Gasteiger partial charge in [0.1, 0.15) is 5.75 Å². The summed E-state index contributed by atoms with van der Waals surface area (Å²) >= 11 is 0. The standard InChI is InChI=1S/C14H17NO4/c1-4-19-14(17)12(16)10-5-6-11-9(13(10)18-3)7-8-15(11)2/h5-6H,4,7-8H2,1-3H3. The Labute approximate surface area is 112 Å². The first kappa shape index (κ1) is 13.4. The van der Waals surface area contributed by atoms with Gasteiger partial charge in [0.15, 0.2) is 0 Å². The average Bonchev–Trinajstić information content (AvgIpc) is 2.79. The van der Waals surface area contributed by atoms with Crippen molar-refractivity contribution in [1.82, 2.24) is 0 Å². The van der Waals surface area contributed by atoms with Gasteiger partial charge in [-0.25, -0.2) is 4.79 Å². The molecule has 1 aromatic rings. The maximum absolute atomic E-state index is 12.0. The van der Waals surface area contributed by atoms with Crippen molar-refractivity contribution in [3.05, 3.63) is 23.3 Å². The molecule has 0 atom stereocenters. The van der Waals surface area contributed by atoms with Crippen LogP contribution in [0.2, 0.25) is 0 Å². The van der Waals surface area contributed by atoms with Gasteiger partial charge in [0.25, 0.3) is 5.78 Å². The summed E-state index contributed by atoms with van der Waals surface area (Å²) in [5.74, 6) is -1.01. The van der Waals surface area contributed by atoms with Crippen LogP contribution in [0.1, 0.15) is 22.8 Å². The lowest BCUT2D eigenvalue weighted by Crippen LogP contribution is -2.18. The number of carbonyl (C=O) groups is 2. The first-order chi connectivity index (χ1) is 9.10. The molecule has 0 aliphatic carbocycles. The fourth-order valence-corrected chi connectivity index (χ4v) is 2.34. The summed E-state index contributed by atoms with van der Waals surface area (Å²) in [6, 6.07) is 3.47. The van der Waals surface area contributed by atoms with Crippen LogP contribution in [0, 0.1) is 0 Å². The van der Waals surface area contributed by atoms with Crippen LogP contribution in [0.5, 0.6) is 5.75 Å². The summed E-state index contributed by atoms with van der Waals surface area (Å²) in [5, 5.41) is 0. The second-order valence-corrected chi connectivity index (χ2v) is 4.37. The summed E-state index contributed by atoms with van der Waals surface area (Å²) < 4.78 is 10.1. The van der Waals surface area contributed by atoms with Crippen molar-refractivity contribution in [2.75, 3.05) is 32.2 Å². The number of anilines is 1. The summed E-state index contributed by atoms with van der Waals surface area (Å²) in [6.45, 7) is 2.73. The van der Waals surface area contributed by atoms with Crippen LogP contribution in [0.4, 0.5) is 5.69 Å².